The van der Waals surface area contributed by atoms with Crippen LogP contribution in [0.15, 0.2) is 36.4 Å². The molecule has 2 heterocycles. The third kappa shape index (κ3) is 5.07. The number of benzene rings is 2. The molecule has 0 saturated carbocycles. The van der Waals surface area contributed by atoms with Gasteiger partial charge in [-0.25, -0.2) is 0 Å². The van der Waals surface area contributed by atoms with E-state index in [0.717, 1.165) is 31.4 Å². The second-order valence-electron chi connectivity index (χ2n) is 8.89. The zero-order chi connectivity index (χ0) is 23.6. The standard InChI is InChI=1S/C25H28Cl2N2O4/c1-32-21-7-5-18(14-22(21)33-2)24(31)29-11-9-25(16-29)8-3-10-28(15-25)23(30)13-17-4-6-19(26)20(27)12-17/h4-7,12,14H,3,8-11,13,15-16H2,1-2H3. The summed E-state index contributed by atoms with van der Waals surface area (Å²) in [5.41, 5.74) is 1.37. The summed E-state index contributed by atoms with van der Waals surface area (Å²) in [6, 6.07) is 10.6. The summed E-state index contributed by atoms with van der Waals surface area (Å²) in [4.78, 5) is 30.0. The molecule has 0 radical (unpaired) electrons. The largest absolute Gasteiger partial charge is 0.493 e. The van der Waals surface area contributed by atoms with Crippen LogP contribution in [0.25, 0.3) is 0 Å². The molecule has 1 spiro atoms. The molecule has 176 valence electrons. The third-order valence-corrected chi connectivity index (χ3v) is 7.45. The molecule has 2 aromatic rings. The van der Waals surface area contributed by atoms with Crippen LogP contribution in [0.5, 0.6) is 11.5 Å². The molecule has 2 aliphatic rings. The van der Waals surface area contributed by atoms with E-state index in [-0.39, 0.29) is 17.2 Å². The number of ether oxygens (including phenoxy) is 2. The van der Waals surface area contributed by atoms with Gasteiger partial charge in [0.05, 0.1) is 30.7 Å². The number of hydrogen-bond acceptors (Lipinski definition) is 4. The molecule has 2 aliphatic heterocycles. The molecule has 8 heteroatoms. The number of nitrogens with zero attached hydrogens (tertiary/aromatic N) is 2. The summed E-state index contributed by atoms with van der Waals surface area (Å²) in [7, 11) is 3.13. The zero-order valence-electron chi connectivity index (χ0n) is 18.9. The van der Waals surface area contributed by atoms with E-state index in [4.69, 9.17) is 32.7 Å². The van der Waals surface area contributed by atoms with Gasteiger partial charge in [-0.1, -0.05) is 29.3 Å². The predicted octanol–water partition coefficient (Wildman–Crippen LogP) is 4.71. The van der Waals surface area contributed by atoms with Gasteiger partial charge >= 0.3 is 0 Å². The van der Waals surface area contributed by atoms with Gasteiger partial charge in [0.1, 0.15) is 0 Å². The van der Waals surface area contributed by atoms with E-state index in [1.165, 1.54) is 0 Å². The summed E-state index contributed by atoms with van der Waals surface area (Å²) >= 11 is 12.1. The van der Waals surface area contributed by atoms with Crippen LogP contribution in [-0.4, -0.2) is 62.0 Å². The van der Waals surface area contributed by atoms with Gasteiger partial charge in [-0.2, -0.15) is 0 Å². The maximum Gasteiger partial charge on any atom is 0.254 e. The van der Waals surface area contributed by atoms with Gasteiger partial charge in [0.2, 0.25) is 5.91 Å². The van der Waals surface area contributed by atoms with E-state index in [1.807, 2.05) is 15.9 Å². The number of amides is 2. The Morgan fingerprint density at radius 3 is 2.39 bits per heavy atom. The van der Waals surface area contributed by atoms with E-state index in [9.17, 15) is 9.59 Å². The number of likely N-dealkylation sites (tertiary alicyclic amines) is 2. The molecule has 2 fully saturated rings. The van der Waals surface area contributed by atoms with Crippen molar-refractivity contribution in [1.29, 1.82) is 0 Å². The number of carbonyl (C=O) groups excluding carboxylic acids is 2. The van der Waals surface area contributed by atoms with Crippen LogP contribution in [0.1, 0.15) is 35.2 Å². The fourth-order valence-corrected chi connectivity index (χ4v) is 5.27. The Bertz CT molecular complexity index is 1060. The average molecular weight is 491 g/mol. The number of halogens is 2. The SMILES string of the molecule is COc1ccc(C(=O)N2CCC3(CCCN(C(=O)Cc4ccc(Cl)c(Cl)c4)C3)C2)cc1OC. The summed E-state index contributed by atoms with van der Waals surface area (Å²) in [5, 5.41) is 0.937. The van der Waals surface area contributed by atoms with Crippen molar-refractivity contribution < 1.29 is 19.1 Å². The van der Waals surface area contributed by atoms with Crippen molar-refractivity contribution in [3.63, 3.8) is 0 Å². The second-order valence-corrected chi connectivity index (χ2v) is 9.70. The fraction of sp³-hybridized carbons (Fsp3) is 0.440. The fourth-order valence-electron chi connectivity index (χ4n) is 4.95. The summed E-state index contributed by atoms with van der Waals surface area (Å²) < 4.78 is 10.6. The molecule has 33 heavy (non-hydrogen) atoms. The molecule has 2 saturated heterocycles. The number of carbonyl (C=O) groups is 2. The smallest absolute Gasteiger partial charge is 0.254 e. The van der Waals surface area contributed by atoms with Crippen LogP contribution >= 0.6 is 23.2 Å². The minimum atomic E-state index is -0.0578. The first-order valence-electron chi connectivity index (χ1n) is 11.1. The molecule has 2 aromatic carbocycles. The Hall–Kier alpha value is -2.44. The van der Waals surface area contributed by atoms with Crippen molar-refractivity contribution in [1.82, 2.24) is 9.80 Å². The van der Waals surface area contributed by atoms with Gasteiger partial charge in [0.25, 0.3) is 5.91 Å². The van der Waals surface area contributed by atoms with Crippen molar-refractivity contribution in [2.24, 2.45) is 5.41 Å². The first-order chi connectivity index (χ1) is 15.8. The lowest BCUT2D eigenvalue weighted by atomic mass is 9.79. The van der Waals surface area contributed by atoms with Gasteiger partial charge in [0, 0.05) is 37.2 Å². The van der Waals surface area contributed by atoms with E-state index in [2.05, 4.69) is 0 Å². The molecule has 1 atom stereocenters. The third-order valence-electron chi connectivity index (χ3n) is 6.71. The summed E-state index contributed by atoms with van der Waals surface area (Å²) in [6.45, 7) is 2.74. The molecule has 2 amide bonds. The minimum Gasteiger partial charge on any atom is -0.493 e. The van der Waals surface area contributed by atoms with Crippen LogP contribution in [0.3, 0.4) is 0 Å². The number of methoxy groups -OCH3 is 2. The first-order valence-corrected chi connectivity index (χ1v) is 11.8. The van der Waals surface area contributed by atoms with Crippen LogP contribution in [0.4, 0.5) is 0 Å². The molecule has 1 unspecified atom stereocenters. The lowest BCUT2D eigenvalue weighted by Gasteiger charge is -2.40. The second kappa shape index (κ2) is 9.82. The van der Waals surface area contributed by atoms with E-state index < -0.39 is 0 Å². The Balaban J connectivity index is 1.42. The lowest BCUT2D eigenvalue weighted by molar-refractivity contribution is -0.133. The van der Waals surface area contributed by atoms with Crippen molar-refractivity contribution >= 4 is 35.0 Å². The Kier molecular flexibility index (Phi) is 7.05. The average Bonchev–Trinajstić information content (AvgIpc) is 3.23. The Morgan fingerprint density at radius 1 is 0.909 bits per heavy atom. The Labute approximate surface area is 204 Å². The monoisotopic (exact) mass is 490 g/mol. The normalized spacial score (nSPS) is 20.2. The summed E-state index contributed by atoms with van der Waals surface area (Å²) in [6.07, 6.45) is 3.13. The van der Waals surface area contributed by atoms with Crippen molar-refractivity contribution in [2.75, 3.05) is 40.4 Å². The van der Waals surface area contributed by atoms with E-state index in [1.54, 1.807) is 44.6 Å². The van der Waals surface area contributed by atoms with Crippen molar-refractivity contribution in [2.45, 2.75) is 25.7 Å². The van der Waals surface area contributed by atoms with Crippen LogP contribution < -0.4 is 9.47 Å². The highest BCUT2D eigenvalue weighted by molar-refractivity contribution is 6.42. The molecule has 0 N–H and O–H groups in total. The van der Waals surface area contributed by atoms with E-state index >= 15 is 0 Å². The highest BCUT2D eigenvalue weighted by Gasteiger charge is 2.43. The first kappa shape index (κ1) is 23.7. The molecular formula is C25H28Cl2N2O4. The highest BCUT2D eigenvalue weighted by atomic mass is 35.5. The topological polar surface area (TPSA) is 59.1 Å². The van der Waals surface area contributed by atoms with Crippen LogP contribution in [-0.2, 0) is 11.2 Å². The molecule has 0 bridgehead atoms. The lowest BCUT2D eigenvalue weighted by Crippen LogP contribution is -2.48. The minimum absolute atomic E-state index is 0.0212. The molecule has 6 nitrogen and oxygen atoms in total. The number of rotatable bonds is 5. The van der Waals surface area contributed by atoms with Crippen molar-refractivity contribution in [3.8, 4) is 11.5 Å². The summed E-state index contributed by atoms with van der Waals surface area (Å²) in [5.74, 6) is 1.19. The number of piperidine rings is 1. The number of hydrogen-bond donors (Lipinski definition) is 0. The zero-order valence-corrected chi connectivity index (χ0v) is 20.4. The Morgan fingerprint density at radius 2 is 1.67 bits per heavy atom. The predicted molar refractivity (Wildman–Crippen MR) is 128 cm³/mol. The maximum atomic E-state index is 13.2. The van der Waals surface area contributed by atoms with Crippen LogP contribution in [0.2, 0.25) is 10.0 Å². The van der Waals surface area contributed by atoms with Crippen LogP contribution in [0, 0.1) is 5.41 Å². The van der Waals surface area contributed by atoms with Gasteiger partial charge in [-0.05, 0) is 55.2 Å². The van der Waals surface area contributed by atoms with Gasteiger partial charge in [0.15, 0.2) is 11.5 Å². The molecule has 4 rings (SSSR count). The molecular weight excluding hydrogens is 463 g/mol. The van der Waals surface area contributed by atoms with Gasteiger partial charge in [-0.3, -0.25) is 9.59 Å². The highest BCUT2D eigenvalue weighted by Crippen LogP contribution is 2.40. The molecule has 0 aromatic heterocycles. The quantitative estimate of drug-likeness (QED) is 0.608. The van der Waals surface area contributed by atoms with Gasteiger partial charge < -0.3 is 19.3 Å². The van der Waals surface area contributed by atoms with Crippen molar-refractivity contribution in [3.05, 3.63) is 57.6 Å². The van der Waals surface area contributed by atoms with Gasteiger partial charge in [-0.15, -0.1) is 0 Å². The molecule has 0 aliphatic carbocycles. The maximum absolute atomic E-state index is 13.2. The van der Waals surface area contributed by atoms with E-state index in [0.29, 0.717) is 53.2 Å².